The lowest BCUT2D eigenvalue weighted by Crippen LogP contribution is -2.45. The molecule has 2 atom stereocenters. The molecule has 0 bridgehead atoms. The Morgan fingerprint density at radius 1 is 1.05 bits per heavy atom. The van der Waals surface area contributed by atoms with Gasteiger partial charge in [0.05, 0.1) is 22.3 Å². The highest BCUT2D eigenvalue weighted by Gasteiger charge is 2.36. The first-order chi connectivity index (χ1) is 19.1. The van der Waals surface area contributed by atoms with Crippen molar-refractivity contribution in [3.05, 3.63) is 81.9 Å². The van der Waals surface area contributed by atoms with Crippen LogP contribution in [0.25, 0.3) is 16.9 Å². The standard InChI is InChI=1S/C31H33BrClN5O/c32-25-19-35-38-28(17-27(36-30(25)38)24-14-6-7-15-26(24)33)34-18-21-9-8-16-37(20-21)31(39)29(23-12-4-5-13-23)22-10-2-1-3-11-22/h1-3,6-7,10-11,14-15,17,19,21,23,29,34H,4-5,8-9,12-13,16,18,20H2. The Morgan fingerprint density at radius 2 is 1.82 bits per heavy atom. The highest BCUT2D eigenvalue weighted by Crippen LogP contribution is 2.39. The van der Waals surface area contributed by atoms with E-state index in [2.05, 4.69) is 55.5 Å². The molecule has 39 heavy (non-hydrogen) atoms. The molecule has 0 spiro atoms. The highest BCUT2D eigenvalue weighted by molar-refractivity contribution is 9.10. The maximum Gasteiger partial charge on any atom is 0.230 e. The van der Waals surface area contributed by atoms with Crippen LogP contribution >= 0.6 is 27.5 Å². The molecule has 1 aliphatic carbocycles. The molecule has 1 saturated heterocycles. The number of fused-ring (bicyclic) bond motifs is 1. The van der Waals surface area contributed by atoms with E-state index in [0.717, 1.165) is 72.5 Å². The van der Waals surface area contributed by atoms with Crippen LogP contribution in [0.15, 0.2) is 71.3 Å². The third kappa shape index (κ3) is 5.57. The van der Waals surface area contributed by atoms with Crippen molar-refractivity contribution < 1.29 is 4.79 Å². The molecule has 3 heterocycles. The second-order valence-corrected chi connectivity index (χ2v) is 12.1. The quantitative estimate of drug-likeness (QED) is 0.238. The Kier molecular flexibility index (Phi) is 7.89. The molecule has 2 fully saturated rings. The number of hydrogen-bond donors (Lipinski definition) is 1. The Bertz CT molecular complexity index is 1450. The van der Waals surface area contributed by atoms with Gasteiger partial charge in [-0.05, 0) is 65.1 Å². The number of anilines is 1. The van der Waals surface area contributed by atoms with Gasteiger partial charge >= 0.3 is 0 Å². The van der Waals surface area contributed by atoms with Gasteiger partial charge in [0.15, 0.2) is 5.65 Å². The van der Waals surface area contributed by atoms with Crippen molar-refractivity contribution in [3.8, 4) is 11.3 Å². The molecular weight excluding hydrogens is 574 g/mol. The minimum atomic E-state index is -0.0279. The fourth-order valence-corrected chi connectivity index (χ4v) is 6.89. The number of aromatic nitrogens is 3. The first-order valence-corrected chi connectivity index (χ1v) is 15.1. The van der Waals surface area contributed by atoms with E-state index in [-0.39, 0.29) is 5.92 Å². The molecule has 2 aliphatic rings. The van der Waals surface area contributed by atoms with Crippen LogP contribution in [-0.2, 0) is 4.79 Å². The third-order valence-electron chi connectivity index (χ3n) is 8.28. The number of carbonyl (C=O) groups is 1. The van der Waals surface area contributed by atoms with Crippen molar-refractivity contribution >= 4 is 44.9 Å². The van der Waals surface area contributed by atoms with Crippen LogP contribution in [0, 0.1) is 11.8 Å². The van der Waals surface area contributed by atoms with Crippen LogP contribution < -0.4 is 5.32 Å². The zero-order chi connectivity index (χ0) is 26.8. The predicted molar refractivity (Wildman–Crippen MR) is 160 cm³/mol. The van der Waals surface area contributed by atoms with Gasteiger partial charge in [-0.25, -0.2) is 4.98 Å². The monoisotopic (exact) mass is 605 g/mol. The number of carbonyl (C=O) groups excluding carboxylic acids is 1. The lowest BCUT2D eigenvalue weighted by atomic mass is 9.83. The van der Waals surface area contributed by atoms with Gasteiger partial charge in [0.2, 0.25) is 5.91 Å². The van der Waals surface area contributed by atoms with Crippen LogP contribution in [0.4, 0.5) is 5.82 Å². The molecule has 1 amide bonds. The Labute approximate surface area is 242 Å². The fraction of sp³-hybridized carbons (Fsp3) is 0.387. The Hall–Kier alpha value is -2.90. The summed E-state index contributed by atoms with van der Waals surface area (Å²) in [5.74, 6) is 1.94. The van der Waals surface area contributed by atoms with Crippen molar-refractivity contribution in [1.82, 2.24) is 19.5 Å². The number of halogens is 2. The molecule has 202 valence electrons. The SMILES string of the molecule is O=C(C(c1ccccc1)C1CCCC1)N1CCCC(CNc2cc(-c3ccccc3Cl)nc3c(Br)cnn23)C1. The van der Waals surface area contributed by atoms with Crippen molar-refractivity contribution in [3.63, 3.8) is 0 Å². The van der Waals surface area contributed by atoms with E-state index < -0.39 is 0 Å². The summed E-state index contributed by atoms with van der Waals surface area (Å²) in [5.41, 5.74) is 3.58. The first-order valence-electron chi connectivity index (χ1n) is 14.0. The van der Waals surface area contributed by atoms with Gasteiger partial charge < -0.3 is 10.2 Å². The lowest BCUT2D eigenvalue weighted by Gasteiger charge is -2.37. The van der Waals surface area contributed by atoms with Crippen LogP contribution in [0.1, 0.15) is 50.0 Å². The van der Waals surface area contributed by atoms with E-state index in [1.165, 1.54) is 18.4 Å². The molecule has 1 aliphatic heterocycles. The van der Waals surface area contributed by atoms with Crippen molar-refractivity contribution in [2.75, 3.05) is 25.0 Å². The molecule has 1 saturated carbocycles. The molecule has 1 N–H and O–H groups in total. The summed E-state index contributed by atoms with van der Waals surface area (Å²) in [4.78, 5) is 20.9. The molecule has 2 aromatic heterocycles. The van der Waals surface area contributed by atoms with Gasteiger partial charge in [-0.3, -0.25) is 4.79 Å². The van der Waals surface area contributed by atoms with Crippen LogP contribution in [-0.4, -0.2) is 45.0 Å². The molecule has 6 rings (SSSR count). The summed E-state index contributed by atoms with van der Waals surface area (Å²) in [6, 6.07) is 20.2. The molecule has 2 unspecified atom stereocenters. The number of likely N-dealkylation sites (tertiary alicyclic amines) is 1. The van der Waals surface area contributed by atoms with Gasteiger partial charge in [-0.2, -0.15) is 9.61 Å². The Balaban J connectivity index is 1.20. The van der Waals surface area contributed by atoms with Crippen molar-refractivity contribution in [2.24, 2.45) is 11.8 Å². The highest BCUT2D eigenvalue weighted by atomic mass is 79.9. The molecule has 2 aromatic carbocycles. The van der Waals surface area contributed by atoms with E-state index in [0.29, 0.717) is 22.8 Å². The largest absolute Gasteiger partial charge is 0.370 e. The first kappa shape index (κ1) is 26.3. The average molecular weight is 607 g/mol. The van der Waals surface area contributed by atoms with Gasteiger partial charge in [-0.1, -0.05) is 73.0 Å². The van der Waals surface area contributed by atoms with Crippen LogP contribution in [0.2, 0.25) is 5.02 Å². The van der Waals surface area contributed by atoms with Crippen LogP contribution in [0.5, 0.6) is 0 Å². The zero-order valence-corrected chi connectivity index (χ0v) is 24.2. The maximum absolute atomic E-state index is 14.0. The summed E-state index contributed by atoms with van der Waals surface area (Å²) >= 11 is 10.1. The van der Waals surface area contributed by atoms with Crippen molar-refractivity contribution in [1.29, 1.82) is 0 Å². The average Bonchev–Trinajstić information content (AvgIpc) is 3.63. The zero-order valence-electron chi connectivity index (χ0n) is 21.9. The maximum atomic E-state index is 14.0. The summed E-state index contributed by atoms with van der Waals surface area (Å²) in [6.07, 6.45) is 8.63. The Morgan fingerprint density at radius 3 is 2.62 bits per heavy atom. The van der Waals surface area contributed by atoms with Crippen molar-refractivity contribution in [2.45, 2.75) is 44.4 Å². The number of piperidine rings is 1. The summed E-state index contributed by atoms with van der Waals surface area (Å²) in [6.45, 7) is 2.37. The van der Waals surface area contributed by atoms with E-state index in [9.17, 15) is 4.79 Å². The van der Waals surface area contributed by atoms with Crippen LogP contribution in [0.3, 0.4) is 0 Å². The molecule has 6 nitrogen and oxygen atoms in total. The predicted octanol–water partition coefficient (Wildman–Crippen LogP) is 7.44. The number of nitrogens with zero attached hydrogens (tertiary/aromatic N) is 4. The summed E-state index contributed by atoms with van der Waals surface area (Å²) in [5, 5.41) is 8.82. The van der Waals surface area contributed by atoms with E-state index in [1.54, 1.807) is 6.20 Å². The molecule has 0 radical (unpaired) electrons. The smallest absolute Gasteiger partial charge is 0.230 e. The second-order valence-electron chi connectivity index (χ2n) is 10.8. The normalized spacial score (nSPS) is 18.9. The van der Waals surface area contributed by atoms with Gasteiger partial charge in [0.1, 0.15) is 5.82 Å². The summed E-state index contributed by atoms with van der Waals surface area (Å²) < 4.78 is 2.65. The van der Waals surface area contributed by atoms with E-state index >= 15 is 0 Å². The number of hydrogen-bond acceptors (Lipinski definition) is 4. The van der Waals surface area contributed by atoms with Gasteiger partial charge in [0.25, 0.3) is 0 Å². The van der Waals surface area contributed by atoms with Gasteiger partial charge in [-0.15, -0.1) is 0 Å². The lowest BCUT2D eigenvalue weighted by molar-refractivity contribution is -0.135. The molecule has 4 aromatic rings. The molecule has 8 heteroatoms. The minimum Gasteiger partial charge on any atom is -0.370 e. The number of nitrogens with one attached hydrogen (secondary N) is 1. The third-order valence-corrected chi connectivity index (χ3v) is 9.17. The van der Waals surface area contributed by atoms with Gasteiger partial charge in [0, 0.05) is 36.3 Å². The second kappa shape index (κ2) is 11.7. The number of rotatable bonds is 7. The minimum absolute atomic E-state index is 0.0279. The molecular formula is C31H33BrClN5O. The fourth-order valence-electron chi connectivity index (χ4n) is 6.31. The number of benzene rings is 2. The summed E-state index contributed by atoms with van der Waals surface area (Å²) in [7, 11) is 0. The van der Waals surface area contributed by atoms with E-state index in [1.807, 2.05) is 40.9 Å². The number of amides is 1. The van der Waals surface area contributed by atoms with E-state index in [4.69, 9.17) is 16.6 Å². The topological polar surface area (TPSA) is 62.5 Å².